The molecule has 0 bridgehead atoms. The molecule has 0 radical (unpaired) electrons. The zero-order valence-electron chi connectivity index (χ0n) is 11.2. The maximum Gasteiger partial charge on any atom is 0.142 e. The summed E-state index contributed by atoms with van der Waals surface area (Å²) in [6, 6.07) is 12.1. The predicted molar refractivity (Wildman–Crippen MR) is 75.8 cm³/mol. The largest absolute Gasteiger partial charge is 0.487 e. The molecule has 2 aromatic carbocycles. The third-order valence-corrected chi connectivity index (χ3v) is 3.18. The van der Waals surface area contributed by atoms with Crippen LogP contribution in [0.15, 0.2) is 36.4 Å². The molecule has 0 aliphatic heterocycles. The summed E-state index contributed by atoms with van der Waals surface area (Å²) in [6.45, 7) is 6.78. The van der Waals surface area contributed by atoms with E-state index < -0.39 is 0 Å². The number of rotatable bonds is 3. The summed E-state index contributed by atoms with van der Waals surface area (Å²) < 4.78 is 5.81. The van der Waals surface area contributed by atoms with Gasteiger partial charge in [0, 0.05) is 0 Å². The molecule has 2 aromatic rings. The fraction of sp³-hybridized carbons (Fsp3) is 0.250. The van der Waals surface area contributed by atoms with Crippen LogP contribution >= 0.6 is 0 Å². The minimum absolute atomic E-state index is 0.561. The Morgan fingerprint density at radius 2 is 1.67 bits per heavy atom. The van der Waals surface area contributed by atoms with E-state index in [4.69, 9.17) is 10.5 Å². The number of nitrogens with two attached hydrogens (primary N) is 1. The Morgan fingerprint density at radius 3 is 2.28 bits per heavy atom. The molecule has 0 aliphatic rings. The molecule has 2 heteroatoms. The van der Waals surface area contributed by atoms with Crippen molar-refractivity contribution in [3.05, 3.63) is 58.7 Å². The zero-order valence-corrected chi connectivity index (χ0v) is 11.2. The van der Waals surface area contributed by atoms with Crippen LogP contribution < -0.4 is 10.5 Å². The summed E-state index contributed by atoms with van der Waals surface area (Å²) in [5.41, 5.74) is 11.5. The van der Waals surface area contributed by atoms with Crippen molar-refractivity contribution in [2.45, 2.75) is 27.4 Å². The minimum atomic E-state index is 0.561. The highest BCUT2D eigenvalue weighted by molar-refractivity contribution is 5.54. The lowest BCUT2D eigenvalue weighted by molar-refractivity contribution is 0.306. The molecule has 2 N–H and O–H groups in total. The second kappa shape index (κ2) is 5.13. The Labute approximate surface area is 108 Å². The van der Waals surface area contributed by atoms with Crippen molar-refractivity contribution in [2.75, 3.05) is 5.73 Å². The van der Waals surface area contributed by atoms with Crippen LogP contribution in [0.2, 0.25) is 0 Å². The van der Waals surface area contributed by atoms with Crippen molar-refractivity contribution in [1.29, 1.82) is 0 Å². The molecule has 0 unspecified atom stereocenters. The van der Waals surface area contributed by atoms with Crippen LogP contribution in [0.5, 0.6) is 5.75 Å². The summed E-state index contributed by atoms with van der Waals surface area (Å²) in [6.07, 6.45) is 0. The van der Waals surface area contributed by atoms with Crippen LogP contribution in [-0.4, -0.2) is 0 Å². The first-order valence-electron chi connectivity index (χ1n) is 6.12. The Balaban J connectivity index is 2.16. The Morgan fingerprint density at radius 1 is 1.00 bits per heavy atom. The van der Waals surface area contributed by atoms with Crippen LogP contribution in [0, 0.1) is 20.8 Å². The number of hydrogen-bond acceptors (Lipinski definition) is 2. The van der Waals surface area contributed by atoms with Gasteiger partial charge < -0.3 is 10.5 Å². The van der Waals surface area contributed by atoms with Crippen molar-refractivity contribution < 1.29 is 4.74 Å². The van der Waals surface area contributed by atoms with Crippen LogP contribution in [0.4, 0.5) is 5.69 Å². The standard InChI is InChI=1S/C16H19NO/c1-11-7-8-16(15(17)9-11)18-10-14-12(2)5-4-6-13(14)3/h4-9H,10,17H2,1-3H3. The summed E-state index contributed by atoms with van der Waals surface area (Å²) in [7, 11) is 0. The van der Waals surface area contributed by atoms with E-state index in [0.29, 0.717) is 12.3 Å². The van der Waals surface area contributed by atoms with E-state index in [1.54, 1.807) is 0 Å². The number of benzene rings is 2. The van der Waals surface area contributed by atoms with Gasteiger partial charge in [-0.1, -0.05) is 24.3 Å². The Kier molecular flexibility index (Phi) is 3.56. The number of ether oxygens (including phenoxy) is 1. The quantitative estimate of drug-likeness (QED) is 0.830. The molecule has 94 valence electrons. The molecule has 2 nitrogen and oxygen atoms in total. The van der Waals surface area contributed by atoms with Gasteiger partial charge in [0.2, 0.25) is 0 Å². The molecule has 0 amide bonds. The molecule has 0 saturated carbocycles. The summed E-state index contributed by atoms with van der Waals surface area (Å²) in [5.74, 6) is 0.753. The third-order valence-electron chi connectivity index (χ3n) is 3.18. The fourth-order valence-electron chi connectivity index (χ4n) is 2.03. The monoisotopic (exact) mass is 241 g/mol. The average molecular weight is 241 g/mol. The van der Waals surface area contributed by atoms with Crippen molar-refractivity contribution in [2.24, 2.45) is 0 Å². The van der Waals surface area contributed by atoms with Crippen molar-refractivity contribution in [3.63, 3.8) is 0 Å². The van der Waals surface area contributed by atoms with Gasteiger partial charge in [0.05, 0.1) is 5.69 Å². The van der Waals surface area contributed by atoms with Gasteiger partial charge in [0.1, 0.15) is 12.4 Å². The van der Waals surface area contributed by atoms with Crippen LogP contribution in [-0.2, 0) is 6.61 Å². The van der Waals surface area contributed by atoms with E-state index in [0.717, 1.165) is 11.3 Å². The molecule has 0 saturated heterocycles. The lowest BCUT2D eigenvalue weighted by Crippen LogP contribution is -2.02. The van der Waals surface area contributed by atoms with Gasteiger partial charge in [-0.15, -0.1) is 0 Å². The van der Waals surface area contributed by atoms with Gasteiger partial charge >= 0.3 is 0 Å². The number of aryl methyl sites for hydroxylation is 3. The summed E-state index contributed by atoms with van der Waals surface area (Å²) in [4.78, 5) is 0. The first-order chi connectivity index (χ1) is 8.58. The molecule has 0 atom stereocenters. The predicted octanol–water partition coefficient (Wildman–Crippen LogP) is 3.77. The number of nitrogen functional groups attached to an aromatic ring is 1. The van der Waals surface area contributed by atoms with Gasteiger partial charge in [-0.2, -0.15) is 0 Å². The lowest BCUT2D eigenvalue weighted by atomic mass is 10.0. The molecule has 0 aromatic heterocycles. The van der Waals surface area contributed by atoms with Gasteiger partial charge in [0.25, 0.3) is 0 Å². The first kappa shape index (κ1) is 12.5. The van der Waals surface area contributed by atoms with Gasteiger partial charge in [-0.25, -0.2) is 0 Å². The summed E-state index contributed by atoms with van der Waals surface area (Å²) in [5, 5.41) is 0. The maximum absolute atomic E-state index is 5.94. The van der Waals surface area contributed by atoms with E-state index in [9.17, 15) is 0 Å². The van der Waals surface area contributed by atoms with E-state index >= 15 is 0 Å². The number of anilines is 1. The van der Waals surface area contributed by atoms with Crippen LogP contribution in [0.3, 0.4) is 0 Å². The highest BCUT2D eigenvalue weighted by Gasteiger charge is 2.05. The molecule has 0 spiro atoms. The molecule has 0 fully saturated rings. The van der Waals surface area contributed by atoms with Gasteiger partial charge in [-0.05, 0) is 55.2 Å². The Hall–Kier alpha value is -1.96. The average Bonchev–Trinajstić information content (AvgIpc) is 2.31. The topological polar surface area (TPSA) is 35.2 Å². The van der Waals surface area contributed by atoms with Crippen molar-refractivity contribution >= 4 is 5.69 Å². The molecular formula is C16H19NO. The molecule has 18 heavy (non-hydrogen) atoms. The maximum atomic E-state index is 5.94. The zero-order chi connectivity index (χ0) is 13.1. The minimum Gasteiger partial charge on any atom is -0.487 e. The molecule has 2 rings (SSSR count). The van der Waals surface area contributed by atoms with E-state index in [1.807, 2.05) is 25.1 Å². The molecular weight excluding hydrogens is 222 g/mol. The van der Waals surface area contributed by atoms with Crippen LogP contribution in [0.1, 0.15) is 22.3 Å². The second-order valence-electron chi connectivity index (χ2n) is 4.70. The highest BCUT2D eigenvalue weighted by atomic mass is 16.5. The van der Waals surface area contributed by atoms with E-state index in [2.05, 4.69) is 32.0 Å². The smallest absolute Gasteiger partial charge is 0.142 e. The molecule has 0 aliphatic carbocycles. The first-order valence-corrected chi connectivity index (χ1v) is 6.12. The molecule has 0 heterocycles. The van der Waals surface area contributed by atoms with Crippen LogP contribution in [0.25, 0.3) is 0 Å². The SMILES string of the molecule is Cc1ccc(OCc2c(C)cccc2C)c(N)c1. The fourth-order valence-corrected chi connectivity index (χ4v) is 2.03. The van der Waals surface area contributed by atoms with Crippen molar-refractivity contribution in [3.8, 4) is 5.75 Å². The summed E-state index contributed by atoms with van der Waals surface area (Å²) >= 11 is 0. The highest BCUT2D eigenvalue weighted by Crippen LogP contribution is 2.24. The van der Waals surface area contributed by atoms with E-state index in [-0.39, 0.29) is 0 Å². The normalized spacial score (nSPS) is 10.4. The third kappa shape index (κ3) is 2.65. The second-order valence-corrected chi connectivity index (χ2v) is 4.70. The van der Waals surface area contributed by atoms with E-state index in [1.165, 1.54) is 16.7 Å². The van der Waals surface area contributed by atoms with Gasteiger partial charge in [-0.3, -0.25) is 0 Å². The Bertz CT molecular complexity index is 541. The van der Waals surface area contributed by atoms with Crippen molar-refractivity contribution in [1.82, 2.24) is 0 Å². The lowest BCUT2D eigenvalue weighted by Gasteiger charge is -2.13. The van der Waals surface area contributed by atoms with Gasteiger partial charge in [0.15, 0.2) is 0 Å². The number of hydrogen-bond donors (Lipinski definition) is 1.